The maximum absolute atomic E-state index is 11.9. The van der Waals surface area contributed by atoms with E-state index in [1.807, 2.05) is 55.5 Å². The standard InChI is InChI=1S/C29H27Cl2N5O2S/c1-16-14-20(17(2)35(16)24-10-7-8-21(30)26(24)31)28-27(22-9-5-6-13-32-22)34-29(39)36(28)19-11-12-25(38-4)23(15-19)33-18(3)37/h5-15,27-28H,1-4H3,(H,33,37)(H,34,39). The van der Waals surface area contributed by atoms with E-state index in [-0.39, 0.29) is 18.0 Å². The maximum atomic E-state index is 11.9. The molecule has 5 rings (SSSR count). The molecule has 3 heterocycles. The Balaban J connectivity index is 1.70. The van der Waals surface area contributed by atoms with E-state index < -0.39 is 0 Å². The van der Waals surface area contributed by atoms with E-state index in [9.17, 15) is 4.79 Å². The molecule has 10 heteroatoms. The Bertz CT molecular complexity index is 1570. The van der Waals surface area contributed by atoms with Gasteiger partial charge in [-0.25, -0.2) is 0 Å². The van der Waals surface area contributed by atoms with Crippen LogP contribution in [0.2, 0.25) is 10.0 Å². The monoisotopic (exact) mass is 579 g/mol. The van der Waals surface area contributed by atoms with Crippen LogP contribution in [-0.4, -0.2) is 27.7 Å². The molecule has 2 unspecified atom stereocenters. The van der Waals surface area contributed by atoms with Crippen LogP contribution in [-0.2, 0) is 4.79 Å². The van der Waals surface area contributed by atoms with Crippen molar-refractivity contribution in [3.05, 3.63) is 99.6 Å². The lowest BCUT2D eigenvalue weighted by Crippen LogP contribution is -2.29. The Labute approximate surface area is 242 Å². The smallest absolute Gasteiger partial charge is 0.221 e. The lowest BCUT2D eigenvalue weighted by atomic mass is 9.96. The van der Waals surface area contributed by atoms with Crippen molar-refractivity contribution < 1.29 is 9.53 Å². The highest BCUT2D eigenvalue weighted by molar-refractivity contribution is 7.80. The molecule has 4 aromatic rings. The summed E-state index contributed by atoms with van der Waals surface area (Å²) in [5, 5.41) is 7.87. The zero-order chi connectivity index (χ0) is 27.8. The lowest BCUT2D eigenvalue weighted by Gasteiger charge is -2.29. The van der Waals surface area contributed by atoms with Gasteiger partial charge in [0, 0.05) is 30.2 Å². The summed E-state index contributed by atoms with van der Waals surface area (Å²) in [6.07, 6.45) is 1.77. The van der Waals surface area contributed by atoms with Crippen LogP contribution in [0.5, 0.6) is 5.75 Å². The third kappa shape index (κ3) is 4.95. The summed E-state index contributed by atoms with van der Waals surface area (Å²) in [6.45, 7) is 5.56. The fourth-order valence-corrected chi connectivity index (χ4v) is 5.93. The zero-order valence-corrected chi connectivity index (χ0v) is 24.2. The van der Waals surface area contributed by atoms with Gasteiger partial charge in [-0.15, -0.1) is 0 Å². The number of nitrogens with zero attached hydrogens (tertiary/aromatic N) is 3. The summed E-state index contributed by atoms with van der Waals surface area (Å²) < 4.78 is 7.59. The van der Waals surface area contributed by atoms with Crippen molar-refractivity contribution in [1.82, 2.24) is 14.9 Å². The SMILES string of the molecule is COc1ccc(N2C(=S)NC(c3ccccn3)C2c2cc(C)n(-c3cccc(Cl)c3Cl)c2C)cc1NC(C)=O. The van der Waals surface area contributed by atoms with Crippen LogP contribution in [0.25, 0.3) is 5.69 Å². The Hall–Kier alpha value is -3.59. The highest BCUT2D eigenvalue weighted by atomic mass is 35.5. The predicted molar refractivity (Wildman–Crippen MR) is 160 cm³/mol. The third-order valence-corrected chi connectivity index (χ3v) is 7.95. The van der Waals surface area contributed by atoms with E-state index in [1.54, 1.807) is 19.4 Å². The predicted octanol–water partition coefficient (Wildman–Crippen LogP) is 6.94. The number of halogens is 2. The van der Waals surface area contributed by atoms with Gasteiger partial charge in [0.05, 0.1) is 46.3 Å². The molecule has 1 saturated heterocycles. The largest absolute Gasteiger partial charge is 0.495 e. The third-order valence-electron chi connectivity index (χ3n) is 6.83. The van der Waals surface area contributed by atoms with E-state index in [0.717, 1.165) is 34.0 Å². The average molecular weight is 581 g/mol. The van der Waals surface area contributed by atoms with Gasteiger partial charge in [-0.2, -0.15) is 0 Å². The van der Waals surface area contributed by atoms with Gasteiger partial charge in [-0.1, -0.05) is 35.3 Å². The van der Waals surface area contributed by atoms with Gasteiger partial charge in [0.1, 0.15) is 5.75 Å². The average Bonchev–Trinajstić information content (AvgIpc) is 3.41. The van der Waals surface area contributed by atoms with Crippen molar-refractivity contribution >= 4 is 57.8 Å². The second kappa shape index (κ2) is 10.9. The van der Waals surface area contributed by atoms with Crippen molar-refractivity contribution in [3.8, 4) is 11.4 Å². The molecule has 200 valence electrons. The number of nitrogens with one attached hydrogen (secondary N) is 2. The summed E-state index contributed by atoms with van der Waals surface area (Å²) in [4.78, 5) is 18.6. The second-order valence-corrected chi connectivity index (χ2v) is 10.5. The summed E-state index contributed by atoms with van der Waals surface area (Å²) in [5.41, 5.74) is 6.05. The first-order chi connectivity index (χ1) is 18.7. The molecule has 2 atom stereocenters. The van der Waals surface area contributed by atoms with Crippen LogP contribution < -0.4 is 20.3 Å². The molecule has 0 aliphatic carbocycles. The number of benzene rings is 2. The summed E-state index contributed by atoms with van der Waals surface area (Å²) >= 11 is 18.9. The molecule has 1 fully saturated rings. The molecule has 0 spiro atoms. The Morgan fingerprint density at radius 1 is 1.10 bits per heavy atom. The van der Waals surface area contributed by atoms with Crippen molar-refractivity contribution in [2.24, 2.45) is 0 Å². The molecule has 0 bridgehead atoms. The van der Waals surface area contributed by atoms with E-state index >= 15 is 0 Å². The van der Waals surface area contributed by atoms with Crippen LogP contribution in [0.15, 0.2) is 66.9 Å². The van der Waals surface area contributed by atoms with Gasteiger partial charge < -0.3 is 24.8 Å². The molecular formula is C29H27Cl2N5O2S. The first kappa shape index (κ1) is 27.0. The van der Waals surface area contributed by atoms with Crippen molar-refractivity contribution in [3.63, 3.8) is 0 Å². The Morgan fingerprint density at radius 2 is 1.90 bits per heavy atom. The molecule has 2 N–H and O–H groups in total. The highest BCUT2D eigenvalue weighted by Crippen LogP contribution is 2.45. The molecule has 7 nitrogen and oxygen atoms in total. The topological polar surface area (TPSA) is 71.4 Å². The molecule has 2 aromatic carbocycles. The van der Waals surface area contributed by atoms with E-state index in [0.29, 0.717) is 26.6 Å². The van der Waals surface area contributed by atoms with Crippen LogP contribution >= 0.6 is 35.4 Å². The quantitative estimate of drug-likeness (QED) is 0.241. The number of pyridine rings is 1. The number of anilines is 2. The second-order valence-electron chi connectivity index (χ2n) is 9.30. The summed E-state index contributed by atoms with van der Waals surface area (Å²) in [6, 6.07) is 18.7. The number of aromatic nitrogens is 2. The summed E-state index contributed by atoms with van der Waals surface area (Å²) in [5.74, 6) is 0.357. The van der Waals surface area contributed by atoms with E-state index in [1.165, 1.54) is 6.92 Å². The minimum absolute atomic E-state index is 0.197. The number of ether oxygens (including phenoxy) is 1. The minimum Gasteiger partial charge on any atom is -0.495 e. The number of hydrogen-bond donors (Lipinski definition) is 2. The first-order valence-corrected chi connectivity index (χ1v) is 13.5. The number of hydrogen-bond acceptors (Lipinski definition) is 4. The lowest BCUT2D eigenvalue weighted by molar-refractivity contribution is -0.114. The highest BCUT2D eigenvalue weighted by Gasteiger charge is 2.42. The van der Waals surface area contributed by atoms with E-state index in [4.69, 9.17) is 40.2 Å². The van der Waals surface area contributed by atoms with Gasteiger partial charge in [-0.05, 0) is 80.2 Å². The van der Waals surface area contributed by atoms with Crippen LogP contribution in [0, 0.1) is 13.8 Å². The van der Waals surface area contributed by atoms with Crippen LogP contribution in [0.1, 0.15) is 41.7 Å². The molecule has 2 aromatic heterocycles. The minimum atomic E-state index is -0.260. The molecule has 0 radical (unpaired) electrons. The molecule has 39 heavy (non-hydrogen) atoms. The number of rotatable bonds is 6. The first-order valence-electron chi connectivity index (χ1n) is 12.3. The van der Waals surface area contributed by atoms with Gasteiger partial charge in [0.25, 0.3) is 0 Å². The normalized spacial score (nSPS) is 16.8. The van der Waals surface area contributed by atoms with Crippen molar-refractivity contribution in [2.75, 3.05) is 17.3 Å². The fraction of sp³-hybridized carbons (Fsp3) is 0.207. The van der Waals surface area contributed by atoms with Crippen molar-refractivity contribution in [2.45, 2.75) is 32.9 Å². The molecule has 1 aliphatic heterocycles. The molecule has 1 amide bonds. The summed E-state index contributed by atoms with van der Waals surface area (Å²) in [7, 11) is 1.57. The number of amides is 1. The fourth-order valence-electron chi connectivity index (χ4n) is 5.21. The van der Waals surface area contributed by atoms with Gasteiger partial charge in [0.15, 0.2) is 5.11 Å². The number of methoxy groups -OCH3 is 1. The Kier molecular flexibility index (Phi) is 7.53. The number of aryl methyl sites for hydroxylation is 1. The zero-order valence-electron chi connectivity index (χ0n) is 21.8. The van der Waals surface area contributed by atoms with Crippen LogP contribution in [0.3, 0.4) is 0 Å². The van der Waals surface area contributed by atoms with Gasteiger partial charge in [0.2, 0.25) is 5.91 Å². The Morgan fingerprint density at radius 3 is 2.59 bits per heavy atom. The number of carbonyl (C=O) groups excluding carboxylic acids is 1. The van der Waals surface area contributed by atoms with Gasteiger partial charge >= 0.3 is 0 Å². The maximum Gasteiger partial charge on any atom is 0.221 e. The molecule has 1 aliphatic rings. The van der Waals surface area contributed by atoms with E-state index in [2.05, 4.69) is 38.1 Å². The van der Waals surface area contributed by atoms with Crippen LogP contribution in [0.4, 0.5) is 11.4 Å². The number of thiocarbonyl (C=S) groups is 1. The molecule has 0 saturated carbocycles. The molecular weight excluding hydrogens is 553 g/mol. The van der Waals surface area contributed by atoms with Gasteiger partial charge in [-0.3, -0.25) is 9.78 Å². The number of carbonyl (C=O) groups is 1. The van der Waals surface area contributed by atoms with Crippen molar-refractivity contribution in [1.29, 1.82) is 0 Å².